The van der Waals surface area contributed by atoms with E-state index < -0.39 is 5.54 Å². The summed E-state index contributed by atoms with van der Waals surface area (Å²) in [6, 6.07) is 0. The standard InChI is InChI=1S/C10H15BrN2O2/c1-10(12,6-14)3-7-8(11)4-13-5-9(7)15-2/h4-5,14H,3,6,12H2,1-2H3. The molecule has 1 aromatic heterocycles. The molecule has 1 heterocycles. The first-order valence-electron chi connectivity index (χ1n) is 4.56. The van der Waals surface area contributed by atoms with Crippen molar-refractivity contribution in [3.63, 3.8) is 0 Å². The van der Waals surface area contributed by atoms with E-state index >= 15 is 0 Å². The lowest BCUT2D eigenvalue weighted by atomic mass is 9.95. The molecule has 0 bridgehead atoms. The Labute approximate surface area is 97.6 Å². The zero-order valence-electron chi connectivity index (χ0n) is 8.83. The second-order valence-electron chi connectivity index (χ2n) is 3.79. The van der Waals surface area contributed by atoms with Gasteiger partial charge in [-0.3, -0.25) is 4.98 Å². The average molecular weight is 275 g/mol. The Balaban J connectivity index is 3.02. The predicted molar refractivity (Wildman–Crippen MR) is 61.9 cm³/mol. The Hall–Kier alpha value is -0.650. The van der Waals surface area contributed by atoms with Crippen LogP contribution in [-0.2, 0) is 6.42 Å². The summed E-state index contributed by atoms with van der Waals surface area (Å²) in [5.74, 6) is 0.675. The fourth-order valence-electron chi connectivity index (χ4n) is 1.25. The molecule has 1 unspecified atom stereocenters. The van der Waals surface area contributed by atoms with E-state index in [0.29, 0.717) is 12.2 Å². The quantitative estimate of drug-likeness (QED) is 0.863. The van der Waals surface area contributed by atoms with E-state index in [4.69, 9.17) is 15.6 Å². The van der Waals surface area contributed by atoms with Gasteiger partial charge in [-0.25, -0.2) is 0 Å². The minimum absolute atomic E-state index is 0.0785. The van der Waals surface area contributed by atoms with Gasteiger partial charge in [0, 0.05) is 21.8 Å². The second kappa shape index (κ2) is 4.92. The number of pyridine rings is 1. The number of hydrogen-bond acceptors (Lipinski definition) is 4. The van der Waals surface area contributed by atoms with Crippen LogP contribution in [0.25, 0.3) is 0 Å². The van der Waals surface area contributed by atoms with E-state index in [1.165, 1.54) is 0 Å². The highest BCUT2D eigenvalue weighted by Gasteiger charge is 2.21. The van der Waals surface area contributed by atoms with Crippen LogP contribution in [0.2, 0.25) is 0 Å². The van der Waals surface area contributed by atoms with Gasteiger partial charge in [-0.1, -0.05) is 0 Å². The van der Waals surface area contributed by atoms with Gasteiger partial charge in [-0.15, -0.1) is 0 Å². The van der Waals surface area contributed by atoms with Gasteiger partial charge in [0.05, 0.1) is 19.9 Å². The van der Waals surface area contributed by atoms with Crippen LogP contribution in [0.5, 0.6) is 5.75 Å². The first-order chi connectivity index (χ1) is 7.00. The van der Waals surface area contributed by atoms with Gasteiger partial charge in [0.1, 0.15) is 5.75 Å². The van der Waals surface area contributed by atoms with Gasteiger partial charge in [-0.05, 0) is 29.3 Å². The van der Waals surface area contributed by atoms with Crippen molar-refractivity contribution in [3.05, 3.63) is 22.4 Å². The summed E-state index contributed by atoms with van der Waals surface area (Å²) >= 11 is 3.39. The molecule has 0 radical (unpaired) electrons. The van der Waals surface area contributed by atoms with E-state index in [1.54, 1.807) is 26.4 Å². The van der Waals surface area contributed by atoms with Crippen molar-refractivity contribution in [1.82, 2.24) is 4.98 Å². The summed E-state index contributed by atoms with van der Waals surface area (Å²) in [6.07, 6.45) is 3.84. The van der Waals surface area contributed by atoms with Crippen LogP contribution in [0.3, 0.4) is 0 Å². The molecule has 1 rings (SSSR count). The molecule has 4 nitrogen and oxygen atoms in total. The average Bonchev–Trinajstić information content (AvgIpc) is 2.21. The molecule has 1 atom stereocenters. The highest BCUT2D eigenvalue weighted by atomic mass is 79.9. The topological polar surface area (TPSA) is 68.4 Å². The molecular formula is C10H15BrN2O2. The van der Waals surface area contributed by atoms with Crippen LogP contribution in [0.4, 0.5) is 0 Å². The lowest BCUT2D eigenvalue weighted by Crippen LogP contribution is -2.42. The lowest BCUT2D eigenvalue weighted by molar-refractivity contribution is 0.207. The van der Waals surface area contributed by atoms with Gasteiger partial charge in [0.15, 0.2) is 0 Å². The lowest BCUT2D eigenvalue weighted by Gasteiger charge is -2.23. The third-order valence-electron chi connectivity index (χ3n) is 2.13. The Morgan fingerprint density at radius 3 is 2.80 bits per heavy atom. The van der Waals surface area contributed by atoms with E-state index in [2.05, 4.69) is 20.9 Å². The van der Waals surface area contributed by atoms with Crippen molar-refractivity contribution in [2.75, 3.05) is 13.7 Å². The number of aliphatic hydroxyl groups is 1. The van der Waals surface area contributed by atoms with E-state index in [0.717, 1.165) is 10.0 Å². The van der Waals surface area contributed by atoms with Crippen LogP contribution in [0.15, 0.2) is 16.9 Å². The summed E-state index contributed by atoms with van der Waals surface area (Å²) < 4.78 is 6.03. The van der Waals surface area contributed by atoms with Crippen LogP contribution < -0.4 is 10.5 Å². The number of aromatic nitrogens is 1. The molecule has 15 heavy (non-hydrogen) atoms. The number of halogens is 1. The minimum atomic E-state index is -0.656. The number of methoxy groups -OCH3 is 1. The minimum Gasteiger partial charge on any atom is -0.495 e. The molecule has 5 heteroatoms. The summed E-state index contributed by atoms with van der Waals surface area (Å²) in [4.78, 5) is 4.00. The van der Waals surface area contributed by atoms with E-state index in [-0.39, 0.29) is 6.61 Å². The number of hydrogen-bond donors (Lipinski definition) is 2. The third-order valence-corrected chi connectivity index (χ3v) is 2.81. The summed E-state index contributed by atoms with van der Waals surface area (Å²) in [7, 11) is 1.58. The molecule has 0 saturated carbocycles. The maximum Gasteiger partial charge on any atom is 0.141 e. The van der Waals surface area contributed by atoms with E-state index in [9.17, 15) is 0 Å². The molecule has 0 aliphatic rings. The highest BCUT2D eigenvalue weighted by molar-refractivity contribution is 9.10. The Bertz CT molecular complexity index is 342. The largest absolute Gasteiger partial charge is 0.495 e. The molecule has 3 N–H and O–H groups in total. The summed E-state index contributed by atoms with van der Waals surface area (Å²) in [5, 5.41) is 9.11. The predicted octanol–water partition coefficient (Wildman–Crippen LogP) is 1.10. The van der Waals surface area contributed by atoms with Gasteiger partial charge in [0.25, 0.3) is 0 Å². The first kappa shape index (κ1) is 12.4. The maximum atomic E-state index is 9.11. The van der Waals surface area contributed by atoms with Crippen molar-refractivity contribution < 1.29 is 9.84 Å². The SMILES string of the molecule is COc1cncc(Br)c1CC(C)(N)CO. The van der Waals surface area contributed by atoms with Crippen molar-refractivity contribution in [2.45, 2.75) is 18.9 Å². The fraction of sp³-hybridized carbons (Fsp3) is 0.500. The zero-order valence-corrected chi connectivity index (χ0v) is 10.4. The molecule has 0 fully saturated rings. The molecule has 0 spiro atoms. The Morgan fingerprint density at radius 1 is 1.60 bits per heavy atom. The molecular weight excluding hydrogens is 260 g/mol. The zero-order chi connectivity index (χ0) is 11.5. The second-order valence-corrected chi connectivity index (χ2v) is 4.65. The fourth-order valence-corrected chi connectivity index (χ4v) is 1.70. The maximum absolute atomic E-state index is 9.11. The van der Waals surface area contributed by atoms with Gasteiger partial charge >= 0.3 is 0 Å². The molecule has 84 valence electrons. The molecule has 1 aromatic rings. The smallest absolute Gasteiger partial charge is 0.141 e. The first-order valence-corrected chi connectivity index (χ1v) is 5.35. The molecule has 0 amide bonds. The number of aliphatic hydroxyl groups excluding tert-OH is 1. The Morgan fingerprint density at radius 2 is 2.27 bits per heavy atom. The van der Waals surface area contributed by atoms with Crippen molar-refractivity contribution >= 4 is 15.9 Å². The van der Waals surface area contributed by atoms with Crippen molar-refractivity contribution in [1.29, 1.82) is 0 Å². The number of rotatable bonds is 4. The normalized spacial score (nSPS) is 14.7. The van der Waals surface area contributed by atoms with Crippen LogP contribution in [0.1, 0.15) is 12.5 Å². The van der Waals surface area contributed by atoms with E-state index in [1.807, 2.05) is 0 Å². The summed E-state index contributed by atoms with van der Waals surface area (Å²) in [6.45, 7) is 1.71. The Kier molecular flexibility index (Phi) is 4.07. The van der Waals surface area contributed by atoms with Gasteiger partial charge in [0.2, 0.25) is 0 Å². The van der Waals surface area contributed by atoms with Crippen molar-refractivity contribution in [2.24, 2.45) is 5.73 Å². The number of nitrogens with zero attached hydrogens (tertiary/aromatic N) is 1. The van der Waals surface area contributed by atoms with Gasteiger partial charge in [-0.2, -0.15) is 0 Å². The van der Waals surface area contributed by atoms with Gasteiger partial charge < -0.3 is 15.6 Å². The van der Waals surface area contributed by atoms with Crippen LogP contribution in [-0.4, -0.2) is 29.3 Å². The monoisotopic (exact) mass is 274 g/mol. The third kappa shape index (κ3) is 3.15. The highest BCUT2D eigenvalue weighted by Crippen LogP contribution is 2.28. The number of nitrogens with two attached hydrogens (primary N) is 1. The van der Waals surface area contributed by atoms with Crippen molar-refractivity contribution in [3.8, 4) is 5.75 Å². The molecule has 0 aliphatic carbocycles. The molecule has 0 saturated heterocycles. The number of ether oxygens (including phenoxy) is 1. The molecule has 0 aliphatic heterocycles. The van der Waals surface area contributed by atoms with Crippen LogP contribution >= 0.6 is 15.9 Å². The van der Waals surface area contributed by atoms with Crippen LogP contribution in [0, 0.1) is 0 Å². The molecule has 0 aromatic carbocycles. The summed E-state index contributed by atoms with van der Waals surface area (Å²) in [5.41, 5.74) is 6.16.